The Bertz CT molecular complexity index is 447. The van der Waals surface area contributed by atoms with Crippen molar-refractivity contribution in [3.63, 3.8) is 0 Å². The van der Waals surface area contributed by atoms with Crippen molar-refractivity contribution in [1.29, 1.82) is 0 Å². The summed E-state index contributed by atoms with van der Waals surface area (Å²) in [6, 6.07) is 0. The molecule has 112 valence electrons. The van der Waals surface area contributed by atoms with E-state index in [1.165, 1.54) is 20.8 Å². The lowest BCUT2D eigenvalue weighted by Gasteiger charge is -2.25. The molecule has 6 nitrogen and oxygen atoms in total. The van der Waals surface area contributed by atoms with Gasteiger partial charge in [0.25, 0.3) is 0 Å². The molecule has 0 radical (unpaired) electrons. The van der Waals surface area contributed by atoms with Gasteiger partial charge < -0.3 is 10.4 Å². The summed E-state index contributed by atoms with van der Waals surface area (Å²) in [4.78, 5) is 23.0. The van der Waals surface area contributed by atoms with E-state index in [0.29, 0.717) is 0 Å². The van der Waals surface area contributed by atoms with E-state index < -0.39 is 43.7 Å². The van der Waals surface area contributed by atoms with Gasteiger partial charge in [-0.3, -0.25) is 9.59 Å². The van der Waals surface area contributed by atoms with Gasteiger partial charge >= 0.3 is 5.97 Å². The van der Waals surface area contributed by atoms with E-state index in [0.717, 1.165) is 0 Å². The van der Waals surface area contributed by atoms with E-state index in [2.05, 4.69) is 5.32 Å². The van der Waals surface area contributed by atoms with Gasteiger partial charge in [-0.2, -0.15) is 0 Å². The van der Waals surface area contributed by atoms with Crippen LogP contribution in [0.1, 0.15) is 41.5 Å². The summed E-state index contributed by atoms with van der Waals surface area (Å²) < 4.78 is 24.4. The maximum absolute atomic E-state index is 12.2. The average Bonchev–Trinajstić information content (AvgIpc) is 2.11. The highest BCUT2D eigenvalue weighted by molar-refractivity contribution is 7.94. The molecular formula is C12H23NO5S. The third-order valence-electron chi connectivity index (χ3n) is 2.56. The van der Waals surface area contributed by atoms with Crippen molar-refractivity contribution in [2.45, 2.75) is 57.6 Å². The molecule has 7 heteroatoms. The van der Waals surface area contributed by atoms with Crippen LogP contribution >= 0.6 is 0 Å². The average molecular weight is 293 g/mol. The van der Waals surface area contributed by atoms with Gasteiger partial charge in [-0.05, 0) is 33.6 Å². The van der Waals surface area contributed by atoms with Gasteiger partial charge in [0.2, 0.25) is 5.91 Å². The SMILES string of the molecule is CC(C)C(C(=O)O)S(=O)(=O)C(C)C(=O)NC(C)(C)C. The molecule has 0 saturated carbocycles. The minimum Gasteiger partial charge on any atom is -0.480 e. The maximum Gasteiger partial charge on any atom is 0.322 e. The molecule has 0 aliphatic rings. The molecule has 0 saturated heterocycles. The third kappa shape index (κ3) is 4.81. The molecule has 0 aliphatic carbocycles. The maximum atomic E-state index is 12.2. The summed E-state index contributed by atoms with van der Waals surface area (Å²) in [5.41, 5.74) is -0.572. The second-order valence-electron chi connectivity index (χ2n) is 5.97. The lowest BCUT2D eigenvalue weighted by molar-refractivity contribution is -0.137. The Morgan fingerprint density at radius 3 is 1.79 bits per heavy atom. The van der Waals surface area contributed by atoms with Gasteiger partial charge in [-0.1, -0.05) is 13.8 Å². The summed E-state index contributed by atoms with van der Waals surface area (Å²) in [5.74, 6) is -2.71. The molecule has 0 fully saturated rings. The minimum atomic E-state index is -4.08. The lowest BCUT2D eigenvalue weighted by atomic mass is 10.1. The number of carbonyl (C=O) groups is 2. The first-order valence-electron chi connectivity index (χ1n) is 6.08. The molecule has 19 heavy (non-hydrogen) atoms. The van der Waals surface area contributed by atoms with Crippen LogP contribution in [0.4, 0.5) is 0 Å². The van der Waals surface area contributed by atoms with Gasteiger partial charge in [-0.25, -0.2) is 8.42 Å². The number of nitrogens with one attached hydrogen (secondary N) is 1. The molecule has 0 rings (SSSR count). The zero-order chi connectivity index (χ0) is 15.6. The zero-order valence-electron chi connectivity index (χ0n) is 12.2. The fraction of sp³-hybridized carbons (Fsp3) is 0.833. The van der Waals surface area contributed by atoms with Crippen LogP contribution in [0.3, 0.4) is 0 Å². The van der Waals surface area contributed by atoms with Crippen molar-refractivity contribution in [2.75, 3.05) is 0 Å². The van der Waals surface area contributed by atoms with E-state index in [1.807, 2.05) is 0 Å². The molecule has 0 heterocycles. The van der Waals surface area contributed by atoms with E-state index >= 15 is 0 Å². The van der Waals surface area contributed by atoms with Crippen LogP contribution in [0, 0.1) is 5.92 Å². The van der Waals surface area contributed by atoms with Crippen molar-refractivity contribution < 1.29 is 23.1 Å². The van der Waals surface area contributed by atoms with Gasteiger partial charge in [0.1, 0.15) is 5.25 Å². The summed E-state index contributed by atoms with van der Waals surface area (Å²) in [5, 5.41) is 8.61. The zero-order valence-corrected chi connectivity index (χ0v) is 13.0. The summed E-state index contributed by atoms with van der Waals surface area (Å²) in [6.45, 7) is 9.40. The molecule has 2 atom stereocenters. The molecule has 0 aromatic rings. The Balaban J connectivity index is 5.31. The molecule has 0 aliphatic heterocycles. The highest BCUT2D eigenvalue weighted by Crippen LogP contribution is 2.19. The van der Waals surface area contributed by atoms with E-state index in [9.17, 15) is 18.0 Å². The standard InChI is InChI=1S/C12H23NO5S/c1-7(2)9(11(15)16)19(17,18)8(3)10(14)13-12(4,5)6/h7-9H,1-6H3,(H,13,14)(H,15,16). The monoisotopic (exact) mass is 293 g/mol. The molecular weight excluding hydrogens is 270 g/mol. The smallest absolute Gasteiger partial charge is 0.322 e. The highest BCUT2D eigenvalue weighted by atomic mass is 32.2. The molecule has 2 N–H and O–H groups in total. The Labute approximate surface area is 114 Å². The van der Waals surface area contributed by atoms with Crippen LogP contribution in [0.15, 0.2) is 0 Å². The van der Waals surface area contributed by atoms with Crippen LogP contribution in [0.5, 0.6) is 0 Å². The van der Waals surface area contributed by atoms with E-state index in [1.54, 1.807) is 20.8 Å². The largest absolute Gasteiger partial charge is 0.480 e. The second-order valence-corrected chi connectivity index (χ2v) is 8.37. The predicted octanol–water partition coefficient (Wildman–Crippen LogP) is 0.814. The van der Waals surface area contributed by atoms with E-state index in [-0.39, 0.29) is 0 Å². The number of rotatable bonds is 5. The quantitative estimate of drug-likeness (QED) is 0.781. The van der Waals surface area contributed by atoms with Crippen molar-refractivity contribution in [1.82, 2.24) is 5.32 Å². The topological polar surface area (TPSA) is 101 Å². The Kier molecular flexibility index (Phi) is 5.55. The molecule has 2 unspecified atom stereocenters. The number of carboxylic acid groups (broad SMARTS) is 1. The number of hydrogen-bond donors (Lipinski definition) is 2. The fourth-order valence-corrected chi connectivity index (χ4v) is 3.48. The summed E-state index contributed by atoms with van der Waals surface area (Å²) >= 11 is 0. The number of sulfone groups is 1. The number of carboxylic acids is 1. The third-order valence-corrected chi connectivity index (χ3v) is 5.22. The molecule has 0 aromatic heterocycles. The molecule has 0 spiro atoms. The summed E-state index contributed by atoms with van der Waals surface area (Å²) in [7, 11) is -4.08. The minimum absolute atomic E-state index is 0.572. The number of carbonyl (C=O) groups excluding carboxylic acids is 1. The van der Waals surface area contributed by atoms with Crippen LogP contribution in [-0.4, -0.2) is 41.4 Å². The lowest BCUT2D eigenvalue weighted by Crippen LogP contribution is -2.51. The van der Waals surface area contributed by atoms with Gasteiger partial charge in [0.15, 0.2) is 15.1 Å². The first-order valence-corrected chi connectivity index (χ1v) is 7.69. The number of hydrogen-bond acceptors (Lipinski definition) is 4. The van der Waals surface area contributed by atoms with Gasteiger partial charge in [-0.15, -0.1) is 0 Å². The number of amides is 1. The van der Waals surface area contributed by atoms with Crippen molar-refractivity contribution in [3.8, 4) is 0 Å². The first-order chi connectivity index (χ1) is 8.30. The second kappa shape index (κ2) is 5.90. The van der Waals surface area contributed by atoms with Crippen LogP contribution in [0.25, 0.3) is 0 Å². The number of aliphatic carboxylic acids is 1. The molecule has 0 aromatic carbocycles. The Morgan fingerprint density at radius 1 is 1.11 bits per heavy atom. The van der Waals surface area contributed by atoms with Crippen molar-refractivity contribution >= 4 is 21.7 Å². The van der Waals surface area contributed by atoms with E-state index in [4.69, 9.17) is 5.11 Å². The van der Waals surface area contributed by atoms with Crippen molar-refractivity contribution in [2.24, 2.45) is 5.92 Å². The van der Waals surface area contributed by atoms with Crippen LogP contribution in [0.2, 0.25) is 0 Å². The van der Waals surface area contributed by atoms with Crippen molar-refractivity contribution in [3.05, 3.63) is 0 Å². The Morgan fingerprint density at radius 2 is 1.53 bits per heavy atom. The predicted molar refractivity (Wildman–Crippen MR) is 72.5 cm³/mol. The molecule has 0 bridgehead atoms. The fourth-order valence-electron chi connectivity index (χ4n) is 1.65. The summed E-state index contributed by atoms with van der Waals surface area (Å²) in [6.07, 6.45) is 0. The van der Waals surface area contributed by atoms with Crippen LogP contribution < -0.4 is 5.32 Å². The van der Waals surface area contributed by atoms with Gasteiger partial charge in [0.05, 0.1) is 0 Å². The van der Waals surface area contributed by atoms with Gasteiger partial charge in [0, 0.05) is 5.54 Å². The Hall–Kier alpha value is -1.11. The van der Waals surface area contributed by atoms with Crippen LogP contribution in [-0.2, 0) is 19.4 Å². The first kappa shape index (κ1) is 17.9. The normalized spacial score (nSPS) is 15.9. The molecule has 1 amide bonds. The highest BCUT2D eigenvalue weighted by Gasteiger charge is 2.42.